The minimum Gasteiger partial charge on any atom is -0.461 e. The molecule has 1 fully saturated rings. The van der Waals surface area contributed by atoms with Crippen molar-refractivity contribution in [1.82, 2.24) is 0 Å². The molecule has 0 unspecified atom stereocenters. The molecule has 0 N–H and O–H groups in total. The van der Waals surface area contributed by atoms with Crippen LogP contribution < -0.4 is 0 Å². The summed E-state index contributed by atoms with van der Waals surface area (Å²) in [6, 6.07) is 8.70. The van der Waals surface area contributed by atoms with Gasteiger partial charge in [0.05, 0.1) is 0 Å². The van der Waals surface area contributed by atoms with Gasteiger partial charge in [-0.2, -0.15) is 0 Å². The Morgan fingerprint density at radius 3 is 2.69 bits per heavy atom. The third-order valence-electron chi connectivity index (χ3n) is 3.70. The Hall–Kier alpha value is -1.24. The van der Waals surface area contributed by atoms with E-state index in [9.17, 15) is 0 Å². The summed E-state index contributed by atoms with van der Waals surface area (Å²) in [6.07, 6.45) is 6.73. The average Bonchev–Trinajstić information content (AvgIpc) is 2.73. The van der Waals surface area contributed by atoms with E-state index in [1.807, 2.05) is 0 Å². The zero-order valence-electron chi connectivity index (χ0n) is 9.83. The number of rotatable bonds is 1. The van der Waals surface area contributed by atoms with Gasteiger partial charge in [0.2, 0.25) is 0 Å². The van der Waals surface area contributed by atoms with E-state index in [0.717, 1.165) is 5.58 Å². The van der Waals surface area contributed by atoms with Gasteiger partial charge in [0.25, 0.3) is 0 Å². The fourth-order valence-corrected chi connectivity index (χ4v) is 2.75. The van der Waals surface area contributed by atoms with Crippen LogP contribution in [0.2, 0.25) is 0 Å². The molecule has 1 aliphatic rings. The lowest BCUT2D eigenvalue weighted by Crippen LogP contribution is -2.02. The van der Waals surface area contributed by atoms with E-state index < -0.39 is 0 Å². The SMILES string of the molecule is Cc1ccc2cc(C3CCCCC3)oc2c1. The Kier molecular flexibility index (Phi) is 2.47. The van der Waals surface area contributed by atoms with Crippen LogP contribution >= 0.6 is 0 Å². The van der Waals surface area contributed by atoms with Crippen molar-refractivity contribution in [2.45, 2.75) is 44.9 Å². The van der Waals surface area contributed by atoms with Gasteiger partial charge < -0.3 is 4.42 Å². The van der Waals surface area contributed by atoms with Crippen LogP contribution in [0, 0.1) is 6.92 Å². The standard InChI is InChI=1S/C15H18O/c1-11-7-8-13-10-15(16-14(13)9-11)12-5-3-2-4-6-12/h7-10,12H,2-6H2,1H3. The van der Waals surface area contributed by atoms with Crippen LogP contribution in [-0.2, 0) is 0 Å². The van der Waals surface area contributed by atoms with E-state index in [1.165, 1.54) is 48.8 Å². The van der Waals surface area contributed by atoms with Gasteiger partial charge >= 0.3 is 0 Å². The maximum atomic E-state index is 5.99. The van der Waals surface area contributed by atoms with E-state index in [-0.39, 0.29) is 0 Å². The molecule has 1 saturated carbocycles. The minimum atomic E-state index is 0.668. The Balaban J connectivity index is 1.97. The van der Waals surface area contributed by atoms with E-state index in [4.69, 9.17) is 4.42 Å². The van der Waals surface area contributed by atoms with Crippen LogP contribution in [0.25, 0.3) is 11.0 Å². The monoisotopic (exact) mass is 214 g/mol. The first-order valence-corrected chi connectivity index (χ1v) is 6.33. The zero-order valence-corrected chi connectivity index (χ0v) is 9.83. The number of hydrogen-bond donors (Lipinski definition) is 0. The third kappa shape index (κ3) is 1.75. The van der Waals surface area contributed by atoms with E-state index >= 15 is 0 Å². The van der Waals surface area contributed by atoms with Gasteiger partial charge in [-0.25, -0.2) is 0 Å². The van der Waals surface area contributed by atoms with Crippen molar-refractivity contribution in [3.05, 3.63) is 35.6 Å². The quantitative estimate of drug-likeness (QED) is 0.665. The second-order valence-electron chi connectivity index (χ2n) is 5.02. The molecule has 1 aromatic heterocycles. The number of fused-ring (bicyclic) bond motifs is 1. The minimum absolute atomic E-state index is 0.668. The lowest BCUT2D eigenvalue weighted by Gasteiger charge is -2.18. The van der Waals surface area contributed by atoms with Crippen LogP contribution in [0.4, 0.5) is 0 Å². The maximum absolute atomic E-state index is 5.99. The molecule has 2 aromatic rings. The largest absolute Gasteiger partial charge is 0.461 e. The molecule has 1 nitrogen and oxygen atoms in total. The van der Waals surface area contributed by atoms with Crippen molar-refractivity contribution in [1.29, 1.82) is 0 Å². The molecule has 1 aromatic carbocycles. The van der Waals surface area contributed by atoms with Crippen molar-refractivity contribution >= 4 is 11.0 Å². The number of aryl methyl sites for hydroxylation is 1. The fourth-order valence-electron chi connectivity index (χ4n) is 2.75. The summed E-state index contributed by atoms with van der Waals surface area (Å²) >= 11 is 0. The van der Waals surface area contributed by atoms with E-state index in [1.54, 1.807) is 0 Å². The average molecular weight is 214 g/mol. The third-order valence-corrected chi connectivity index (χ3v) is 3.70. The molecule has 84 valence electrons. The first kappa shape index (κ1) is 9.95. The number of hydrogen-bond acceptors (Lipinski definition) is 1. The molecular formula is C15H18O. The summed E-state index contributed by atoms with van der Waals surface area (Å²) in [5, 5.41) is 1.26. The smallest absolute Gasteiger partial charge is 0.134 e. The molecule has 0 spiro atoms. The summed E-state index contributed by atoms with van der Waals surface area (Å²) in [4.78, 5) is 0. The Morgan fingerprint density at radius 2 is 1.88 bits per heavy atom. The molecular weight excluding hydrogens is 196 g/mol. The van der Waals surface area contributed by atoms with Crippen LogP contribution in [0.1, 0.15) is 49.3 Å². The highest BCUT2D eigenvalue weighted by Crippen LogP contribution is 2.35. The molecule has 0 saturated heterocycles. The first-order chi connectivity index (χ1) is 7.83. The summed E-state index contributed by atoms with van der Waals surface area (Å²) in [7, 11) is 0. The van der Waals surface area contributed by atoms with Gasteiger partial charge in [-0.1, -0.05) is 31.4 Å². The second-order valence-corrected chi connectivity index (χ2v) is 5.02. The molecule has 1 heterocycles. The summed E-state index contributed by atoms with van der Waals surface area (Å²) in [6.45, 7) is 2.11. The highest BCUT2D eigenvalue weighted by atomic mass is 16.3. The van der Waals surface area contributed by atoms with Gasteiger partial charge in [-0.05, 0) is 37.5 Å². The summed E-state index contributed by atoms with van der Waals surface area (Å²) < 4.78 is 5.99. The van der Waals surface area contributed by atoms with Gasteiger partial charge in [0, 0.05) is 11.3 Å². The molecule has 0 radical (unpaired) electrons. The van der Waals surface area contributed by atoms with Crippen LogP contribution in [-0.4, -0.2) is 0 Å². The molecule has 0 bridgehead atoms. The van der Waals surface area contributed by atoms with Crippen LogP contribution in [0.3, 0.4) is 0 Å². The van der Waals surface area contributed by atoms with E-state index in [2.05, 4.69) is 31.2 Å². The molecule has 3 rings (SSSR count). The Bertz CT molecular complexity index is 489. The normalized spacial score (nSPS) is 18.1. The zero-order chi connectivity index (χ0) is 11.0. The van der Waals surface area contributed by atoms with E-state index in [0.29, 0.717) is 5.92 Å². The number of benzene rings is 1. The van der Waals surface area contributed by atoms with Crippen LogP contribution in [0.5, 0.6) is 0 Å². The predicted octanol–water partition coefficient (Wildman–Crippen LogP) is 4.79. The maximum Gasteiger partial charge on any atom is 0.134 e. The summed E-state index contributed by atoms with van der Waals surface area (Å²) in [5.41, 5.74) is 2.33. The highest BCUT2D eigenvalue weighted by Gasteiger charge is 2.19. The van der Waals surface area contributed by atoms with Crippen molar-refractivity contribution in [2.75, 3.05) is 0 Å². The van der Waals surface area contributed by atoms with Crippen molar-refractivity contribution in [2.24, 2.45) is 0 Å². The molecule has 0 atom stereocenters. The van der Waals surface area contributed by atoms with Gasteiger partial charge in [0.1, 0.15) is 11.3 Å². The van der Waals surface area contributed by atoms with Crippen molar-refractivity contribution < 1.29 is 4.42 Å². The lowest BCUT2D eigenvalue weighted by atomic mass is 9.87. The molecule has 1 heteroatoms. The van der Waals surface area contributed by atoms with Gasteiger partial charge in [-0.15, -0.1) is 0 Å². The highest BCUT2D eigenvalue weighted by molar-refractivity contribution is 5.78. The molecule has 0 aliphatic heterocycles. The van der Waals surface area contributed by atoms with Gasteiger partial charge in [-0.3, -0.25) is 0 Å². The first-order valence-electron chi connectivity index (χ1n) is 6.33. The lowest BCUT2D eigenvalue weighted by molar-refractivity contribution is 0.385. The predicted molar refractivity (Wildman–Crippen MR) is 66.8 cm³/mol. The molecule has 0 amide bonds. The Labute approximate surface area is 96.5 Å². The topological polar surface area (TPSA) is 13.1 Å². The van der Waals surface area contributed by atoms with Crippen molar-refractivity contribution in [3.63, 3.8) is 0 Å². The number of furan rings is 1. The van der Waals surface area contributed by atoms with Crippen molar-refractivity contribution in [3.8, 4) is 0 Å². The fraction of sp³-hybridized carbons (Fsp3) is 0.467. The molecule has 16 heavy (non-hydrogen) atoms. The second kappa shape index (κ2) is 3.97. The Morgan fingerprint density at radius 1 is 1.06 bits per heavy atom. The summed E-state index contributed by atoms with van der Waals surface area (Å²) in [5.74, 6) is 1.88. The van der Waals surface area contributed by atoms with Gasteiger partial charge in [0.15, 0.2) is 0 Å². The van der Waals surface area contributed by atoms with Crippen LogP contribution in [0.15, 0.2) is 28.7 Å². The molecule has 1 aliphatic carbocycles.